The van der Waals surface area contributed by atoms with E-state index in [0.717, 1.165) is 30.2 Å². The number of carbonyl (C=O) groups excluding carboxylic acids is 1. The number of thioether (sulfide) groups is 1. The largest absolute Gasteiger partial charge is 0.469 e. The van der Waals surface area contributed by atoms with E-state index in [1.54, 1.807) is 0 Å². The summed E-state index contributed by atoms with van der Waals surface area (Å²) in [7, 11) is 1.47. The van der Waals surface area contributed by atoms with Gasteiger partial charge in [0.1, 0.15) is 0 Å². The van der Waals surface area contributed by atoms with Crippen LogP contribution in [0.25, 0.3) is 0 Å². The topological polar surface area (TPSA) is 29.5 Å². The van der Waals surface area contributed by atoms with Gasteiger partial charge in [-0.3, -0.25) is 9.69 Å². The molecule has 1 aromatic rings. The molecule has 0 N–H and O–H groups in total. The van der Waals surface area contributed by atoms with E-state index in [1.807, 2.05) is 42.1 Å². The number of methoxy groups -OCH3 is 1. The third-order valence-electron chi connectivity index (χ3n) is 3.61. The minimum Gasteiger partial charge on any atom is -0.469 e. The minimum absolute atomic E-state index is 0.142. The van der Waals surface area contributed by atoms with Gasteiger partial charge in [0.05, 0.1) is 13.0 Å². The quantitative estimate of drug-likeness (QED) is 0.792. The molecule has 1 aliphatic rings. The van der Waals surface area contributed by atoms with Gasteiger partial charge in [-0.05, 0) is 12.5 Å². The minimum atomic E-state index is -0.184. The molecule has 0 aromatic heterocycles. The Hall–Kier alpha value is -1.00. The Morgan fingerprint density at radius 3 is 2.84 bits per heavy atom. The van der Waals surface area contributed by atoms with Crippen molar-refractivity contribution in [2.24, 2.45) is 0 Å². The summed E-state index contributed by atoms with van der Waals surface area (Å²) in [5.74, 6) is 1.96. The molecule has 2 rings (SSSR count). The zero-order valence-corrected chi connectivity index (χ0v) is 12.4. The molecule has 1 aromatic carbocycles. The van der Waals surface area contributed by atoms with Gasteiger partial charge >= 0.3 is 5.97 Å². The van der Waals surface area contributed by atoms with Crippen LogP contribution in [0.2, 0.25) is 0 Å². The van der Waals surface area contributed by atoms with E-state index in [4.69, 9.17) is 4.74 Å². The van der Waals surface area contributed by atoms with Crippen molar-refractivity contribution in [3.05, 3.63) is 35.9 Å². The Labute approximate surface area is 119 Å². The van der Waals surface area contributed by atoms with Gasteiger partial charge in [-0.25, -0.2) is 0 Å². The molecule has 1 saturated heterocycles. The third-order valence-corrected chi connectivity index (χ3v) is 4.80. The standard InChI is InChI=1S/C15H21NO2S/c1-12-11-19-9-8-16(12)10-14(15(17)18-2)13-6-4-3-5-7-13/h3-7,12,14H,8-11H2,1-2H3. The third kappa shape index (κ3) is 3.74. The highest BCUT2D eigenvalue weighted by Crippen LogP contribution is 2.23. The second-order valence-electron chi connectivity index (χ2n) is 4.91. The maximum absolute atomic E-state index is 12.0. The molecule has 2 unspecified atom stereocenters. The Kier molecular flexibility index (Phi) is 5.28. The van der Waals surface area contributed by atoms with Crippen molar-refractivity contribution in [1.82, 2.24) is 4.90 Å². The first-order valence-electron chi connectivity index (χ1n) is 6.67. The van der Waals surface area contributed by atoms with Gasteiger partial charge in [-0.2, -0.15) is 11.8 Å². The first kappa shape index (κ1) is 14.4. The molecule has 0 saturated carbocycles. The van der Waals surface area contributed by atoms with Gasteiger partial charge in [-0.1, -0.05) is 30.3 Å². The molecule has 0 amide bonds. The number of nitrogens with zero attached hydrogens (tertiary/aromatic N) is 1. The summed E-state index contributed by atoms with van der Waals surface area (Å²) in [6.07, 6.45) is 0. The van der Waals surface area contributed by atoms with Crippen LogP contribution in [0.5, 0.6) is 0 Å². The summed E-state index contributed by atoms with van der Waals surface area (Å²) < 4.78 is 4.97. The van der Waals surface area contributed by atoms with E-state index >= 15 is 0 Å². The smallest absolute Gasteiger partial charge is 0.314 e. The van der Waals surface area contributed by atoms with Crippen LogP contribution in [0.3, 0.4) is 0 Å². The van der Waals surface area contributed by atoms with Crippen LogP contribution < -0.4 is 0 Å². The maximum Gasteiger partial charge on any atom is 0.314 e. The highest BCUT2D eigenvalue weighted by Gasteiger charge is 2.27. The van der Waals surface area contributed by atoms with E-state index < -0.39 is 0 Å². The molecule has 19 heavy (non-hydrogen) atoms. The predicted molar refractivity (Wildman–Crippen MR) is 79.6 cm³/mol. The lowest BCUT2D eigenvalue weighted by molar-refractivity contribution is -0.143. The number of hydrogen-bond donors (Lipinski definition) is 0. The Balaban J connectivity index is 2.12. The van der Waals surface area contributed by atoms with Crippen LogP contribution in [-0.2, 0) is 9.53 Å². The molecule has 3 nitrogen and oxygen atoms in total. The average molecular weight is 279 g/mol. The highest BCUT2D eigenvalue weighted by molar-refractivity contribution is 7.99. The number of benzene rings is 1. The van der Waals surface area contributed by atoms with Gasteiger partial charge in [-0.15, -0.1) is 0 Å². The van der Waals surface area contributed by atoms with E-state index in [0.29, 0.717) is 6.04 Å². The molecule has 2 atom stereocenters. The molecule has 0 radical (unpaired) electrons. The van der Waals surface area contributed by atoms with Crippen LogP contribution >= 0.6 is 11.8 Å². The molecule has 104 valence electrons. The molecule has 0 spiro atoms. The molecule has 1 aliphatic heterocycles. The molecule has 0 bridgehead atoms. The lowest BCUT2D eigenvalue weighted by Gasteiger charge is -2.35. The van der Waals surface area contributed by atoms with Crippen molar-refractivity contribution in [3.8, 4) is 0 Å². The zero-order chi connectivity index (χ0) is 13.7. The first-order valence-corrected chi connectivity index (χ1v) is 7.82. The van der Waals surface area contributed by atoms with E-state index in [-0.39, 0.29) is 11.9 Å². The number of ether oxygens (including phenoxy) is 1. The van der Waals surface area contributed by atoms with E-state index in [9.17, 15) is 4.79 Å². The van der Waals surface area contributed by atoms with Crippen molar-refractivity contribution in [2.75, 3.05) is 31.7 Å². The van der Waals surface area contributed by atoms with Crippen LogP contribution in [0.1, 0.15) is 18.4 Å². The van der Waals surface area contributed by atoms with Crippen molar-refractivity contribution in [1.29, 1.82) is 0 Å². The van der Waals surface area contributed by atoms with E-state index in [2.05, 4.69) is 11.8 Å². The zero-order valence-electron chi connectivity index (χ0n) is 11.5. The second kappa shape index (κ2) is 6.96. The fourth-order valence-corrected chi connectivity index (χ4v) is 3.49. The van der Waals surface area contributed by atoms with Gasteiger partial charge in [0, 0.05) is 30.6 Å². The Morgan fingerprint density at radius 1 is 1.47 bits per heavy atom. The summed E-state index contributed by atoms with van der Waals surface area (Å²) in [5.41, 5.74) is 1.04. The average Bonchev–Trinajstić information content (AvgIpc) is 2.46. The normalized spacial score (nSPS) is 21.9. The van der Waals surface area contributed by atoms with Crippen molar-refractivity contribution >= 4 is 17.7 Å². The predicted octanol–water partition coefficient (Wildman–Crippen LogP) is 2.38. The summed E-state index contributed by atoms with van der Waals surface area (Å²) in [6.45, 7) is 4.02. The second-order valence-corrected chi connectivity index (χ2v) is 6.06. The number of esters is 1. The fourth-order valence-electron chi connectivity index (χ4n) is 2.41. The summed E-state index contributed by atoms with van der Waals surface area (Å²) in [5, 5.41) is 0. The molecule has 1 fully saturated rings. The summed E-state index contributed by atoms with van der Waals surface area (Å²) in [6, 6.07) is 10.4. The highest BCUT2D eigenvalue weighted by atomic mass is 32.2. The molecule has 1 heterocycles. The van der Waals surface area contributed by atoms with Gasteiger partial charge in [0.25, 0.3) is 0 Å². The van der Waals surface area contributed by atoms with E-state index in [1.165, 1.54) is 7.11 Å². The monoisotopic (exact) mass is 279 g/mol. The molecule has 0 aliphatic carbocycles. The van der Waals surface area contributed by atoms with Gasteiger partial charge in [0.15, 0.2) is 0 Å². The SMILES string of the molecule is COC(=O)C(CN1CCSCC1C)c1ccccc1. The Bertz CT molecular complexity index is 410. The first-order chi connectivity index (χ1) is 9.22. The fraction of sp³-hybridized carbons (Fsp3) is 0.533. The molecular weight excluding hydrogens is 258 g/mol. The van der Waals surface area contributed by atoms with Crippen LogP contribution in [0.4, 0.5) is 0 Å². The lowest BCUT2D eigenvalue weighted by atomic mass is 9.98. The maximum atomic E-state index is 12.0. The van der Waals surface area contributed by atoms with Crippen molar-refractivity contribution in [2.45, 2.75) is 18.9 Å². The van der Waals surface area contributed by atoms with Gasteiger partial charge < -0.3 is 4.74 Å². The van der Waals surface area contributed by atoms with Gasteiger partial charge in [0.2, 0.25) is 0 Å². The Morgan fingerprint density at radius 2 is 2.21 bits per heavy atom. The van der Waals surface area contributed by atoms with Crippen molar-refractivity contribution in [3.63, 3.8) is 0 Å². The number of carbonyl (C=O) groups is 1. The molecule has 4 heteroatoms. The van der Waals surface area contributed by atoms with Crippen molar-refractivity contribution < 1.29 is 9.53 Å². The summed E-state index contributed by atoms with van der Waals surface area (Å²) >= 11 is 1.99. The number of rotatable bonds is 4. The molecular formula is C15H21NO2S. The van der Waals surface area contributed by atoms with Crippen LogP contribution in [0, 0.1) is 0 Å². The lowest BCUT2D eigenvalue weighted by Crippen LogP contribution is -2.43. The van der Waals surface area contributed by atoms with Crippen LogP contribution in [-0.4, -0.2) is 48.6 Å². The van der Waals surface area contributed by atoms with Crippen LogP contribution in [0.15, 0.2) is 30.3 Å². The number of hydrogen-bond acceptors (Lipinski definition) is 4. The summed E-state index contributed by atoms with van der Waals surface area (Å²) in [4.78, 5) is 14.4.